The van der Waals surface area contributed by atoms with Gasteiger partial charge in [-0.2, -0.15) is 0 Å². The van der Waals surface area contributed by atoms with Crippen LogP contribution < -0.4 is 10.1 Å². The molecule has 2 aliphatic rings. The standard InChI is InChI=1S/C19H26N2O3/c1-13(22)21-10-4-7-18(21)19(23)20-12-15-6-3-5-14-11-16(24-2)8-9-17(14)15/h8-9,11,15,18H,3-7,10,12H2,1-2H3,(H,20,23). The van der Waals surface area contributed by atoms with Crippen LogP contribution in [0.3, 0.4) is 0 Å². The molecule has 2 atom stereocenters. The highest BCUT2D eigenvalue weighted by atomic mass is 16.5. The van der Waals surface area contributed by atoms with E-state index < -0.39 is 0 Å². The molecule has 1 saturated heterocycles. The Balaban J connectivity index is 1.63. The molecule has 0 bridgehead atoms. The molecular formula is C19H26N2O3. The van der Waals surface area contributed by atoms with Crippen LogP contribution in [-0.4, -0.2) is 43.0 Å². The fourth-order valence-electron chi connectivity index (χ4n) is 3.99. The fourth-order valence-corrected chi connectivity index (χ4v) is 3.99. The van der Waals surface area contributed by atoms with Gasteiger partial charge in [0, 0.05) is 25.9 Å². The molecular weight excluding hydrogens is 304 g/mol. The summed E-state index contributed by atoms with van der Waals surface area (Å²) in [7, 11) is 1.69. The average Bonchev–Trinajstić information content (AvgIpc) is 3.09. The Morgan fingerprint density at radius 3 is 2.88 bits per heavy atom. The van der Waals surface area contributed by atoms with Gasteiger partial charge in [0.1, 0.15) is 11.8 Å². The highest BCUT2D eigenvalue weighted by molar-refractivity contribution is 5.87. The number of ether oxygens (including phenoxy) is 1. The van der Waals surface area contributed by atoms with E-state index >= 15 is 0 Å². The van der Waals surface area contributed by atoms with Gasteiger partial charge >= 0.3 is 0 Å². The average molecular weight is 330 g/mol. The van der Waals surface area contributed by atoms with E-state index in [4.69, 9.17) is 4.74 Å². The quantitative estimate of drug-likeness (QED) is 0.921. The van der Waals surface area contributed by atoms with Crippen LogP contribution in [0.5, 0.6) is 5.75 Å². The first-order valence-corrected chi connectivity index (χ1v) is 8.82. The molecule has 2 unspecified atom stereocenters. The summed E-state index contributed by atoms with van der Waals surface area (Å²) < 4.78 is 5.31. The van der Waals surface area contributed by atoms with Crippen molar-refractivity contribution in [2.24, 2.45) is 0 Å². The van der Waals surface area contributed by atoms with Crippen molar-refractivity contribution < 1.29 is 14.3 Å². The van der Waals surface area contributed by atoms with Crippen LogP contribution in [0, 0.1) is 0 Å². The highest BCUT2D eigenvalue weighted by Gasteiger charge is 2.32. The smallest absolute Gasteiger partial charge is 0.242 e. The molecule has 1 aromatic carbocycles. The number of carbonyl (C=O) groups excluding carboxylic acids is 2. The van der Waals surface area contributed by atoms with Crippen molar-refractivity contribution in [3.8, 4) is 5.75 Å². The summed E-state index contributed by atoms with van der Waals surface area (Å²) >= 11 is 0. The van der Waals surface area contributed by atoms with E-state index in [1.165, 1.54) is 18.1 Å². The molecule has 1 aliphatic heterocycles. The number of nitrogens with one attached hydrogen (secondary N) is 1. The number of carbonyl (C=O) groups is 2. The van der Waals surface area contributed by atoms with Crippen LogP contribution in [0.2, 0.25) is 0 Å². The number of nitrogens with zero attached hydrogens (tertiary/aromatic N) is 1. The van der Waals surface area contributed by atoms with Gasteiger partial charge in [-0.1, -0.05) is 6.07 Å². The van der Waals surface area contributed by atoms with E-state index in [-0.39, 0.29) is 17.9 Å². The maximum atomic E-state index is 12.5. The molecule has 1 fully saturated rings. The predicted molar refractivity (Wildman–Crippen MR) is 92.1 cm³/mol. The molecule has 1 aromatic rings. The third kappa shape index (κ3) is 3.40. The topological polar surface area (TPSA) is 58.6 Å². The summed E-state index contributed by atoms with van der Waals surface area (Å²) in [5.41, 5.74) is 2.64. The zero-order valence-electron chi connectivity index (χ0n) is 14.5. The van der Waals surface area contributed by atoms with E-state index in [1.807, 2.05) is 6.07 Å². The minimum absolute atomic E-state index is 0.0108. The SMILES string of the molecule is COc1ccc2c(c1)CCCC2CNC(=O)C1CCCN1C(C)=O. The Hall–Kier alpha value is -2.04. The van der Waals surface area contributed by atoms with Crippen molar-refractivity contribution in [2.75, 3.05) is 20.2 Å². The molecule has 5 heteroatoms. The second-order valence-electron chi connectivity index (χ2n) is 6.77. The molecule has 1 heterocycles. The van der Waals surface area contributed by atoms with Crippen LogP contribution >= 0.6 is 0 Å². The Kier molecular flexibility index (Phi) is 5.07. The normalized spacial score (nSPS) is 22.8. The molecule has 1 N–H and O–H groups in total. The van der Waals surface area contributed by atoms with Crippen molar-refractivity contribution in [2.45, 2.75) is 51.0 Å². The number of rotatable bonds is 4. The lowest BCUT2D eigenvalue weighted by Gasteiger charge is -2.28. The first-order chi connectivity index (χ1) is 11.6. The van der Waals surface area contributed by atoms with Gasteiger partial charge in [0.25, 0.3) is 0 Å². The minimum atomic E-state index is -0.290. The molecule has 0 radical (unpaired) electrons. The number of fused-ring (bicyclic) bond motifs is 1. The van der Waals surface area contributed by atoms with Gasteiger partial charge in [-0.15, -0.1) is 0 Å². The highest BCUT2D eigenvalue weighted by Crippen LogP contribution is 2.33. The van der Waals surface area contributed by atoms with Crippen molar-refractivity contribution in [3.63, 3.8) is 0 Å². The first kappa shape index (κ1) is 16.8. The Labute approximate surface area is 143 Å². The van der Waals surface area contributed by atoms with Crippen molar-refractivity contribution in [1.29, 1.82) is 0 Å². The van der Waals surface area contributed by atoms with Crippen LogP contribution in [0.15, 0.2) is 18.2 Å². The van der Waals surface area contributed by atoms with Crippen molar-refractivity contribution in [3.05, 3.63) is 29.3 Å². The second kappa shape index (κ2) is 7.24. The number of amides is 2. The lowest BCUT2D eigenvalue weighted by atomic mass is 9.82. The summed E-state index contributed by atoms with van der Waals surface area (Å²) in [6, 6.07) is 5.94. The molecule has 130 valence electrons. The van der Waals surface area contributed by atoms with Gasteiger partial charge in [-0.05, 0) is 55.4 Å². The summed E-state index contributed by atoms with van der Waals surface area (Å²) in [6.07, 6.45) is 4.95. The van der Waals surface area contributed by atoms with Gasteiger partial charge in [-0.25, -0.2) is 0 Å². The summed E-state index contributed by atoms with van der Waals surface area (Å²) in [5, 5.41) is 3.08. The first-order valence-electron chi connectivity index (χ1n) is 8.82. The van der Waals surface area contributed by atoms with Crippen LogP contribution in [0.1, 0.15) is 49.7 Å². The Morgan fingerprint density at radius 1 is 1.29 bits per heavy atom. The van der Waals surface area contributed by atoms with Gasteiger partial charge in [0.15, 0.2) is 0 Å². The second-order valence-corrected chi connectivity index (χ2v) is 6.77. The van der Waals surface area contributed by atoms with E-state index in [2.05, 4.69) is 17.4 Å². The van der Waals surface area contributed by atoms with Crippen LogP contribution in [-0.2, 0) is 16.0 Å². The summed E-state index contributed by atoms with van der Waals surface area (Å²) in [5.74, 6) is 1.21. The molecule has 1 aliphatic carbocycles. The zero-order valence-corrected chi connectivity index (χ0v) is 14.5. The Bertz CT molecular complexity index is 629. The van der Waals surface area contributed by atoms with Gasteiger partial charge in [0.05, 0.1) is 7.11 Å². The van der Waals surface area contributed by atoms with Crippen LogP contribution in [0.4, 0.5) is 0 Å². The molecule has 0 aromatic heterocycles. The maximum absolute atomic E-state index is 12.5. The molecule has 3 rings (SSSR count). The third-order valence-electron chi connectivity index (χ3n) is 5.27. The van der Waals surface area contributed by atoms with E-state index in [9.17, 15) is 9.59 Å². The molecule has 0 spiro atoms. The number of benzene rings is 1. The molecule has 24 heavy (non-hydrogen) atoms. The number of likely N-dealkylation sites (tertiary alicyclic amines) is 1. The largest absolute Gasteiger partial charge is 0.497 e. The lowest BCUT2D eigenvalue weighted by Crippen LogP contribution is -2.46. The number of hydrogen-bond acceptors (Lipinski definition) is 3. The van der Waals surface area contributed by atoms with Crippen molar-refractivity contribution in [1.82, 2.24) is 10.2 Å². The summed E-state index contributed by atoms with van der Waals surface area (Å²) in [6.45, 7) is 2.87. The van der Waals surface area contributed by atoms with Gasteiger partial charge in [-0.3, -0.25) is 9.59 Å². The maximum Gasteiger partial charge on any atom is 0.242 e. The zero-order chi connectivity index (χ0) is 17.1. The molecule has 5 nitrogen and oxygen atoms in total. The lowest BCUT2D eigenvalue weighted by molar-refractivity contribution is -0.136. The van der Waals surface area contributed by atoms with Crippen molar-refractivity contribution >= 4 is 11.8 Å². The number of aryl methyl sites for hydroxylation is 1. The van der Waals surface area contributed by atoms with Gasteiger partial charge in [0.2, 0.25) is 11.8 Å². The van der Waals surface area contributed by atoms with Gasteiger partial charge < -0.3 is 15.0 Å². The molecule has 2 amide bonds. The number of methoxy groups -OCH3 is 1. The fraction of sp³-hybridized carbons (Fsp3) is 0.579. The Morgan fingerprint density at radius 2 is 2.12 bits per heavy atom. The summed E-state index contributed by atoms with van der Waals surface area (Å²) in [4.78, 5) is 25.8. The monoisotopic (exact) mass is 330 g/mol. The van der Waals surface area contributed by atoms with E-state index in [0.717, 1.165) is 37.9 Å². The van der Waals surface area contributed by atoms with Crippen LogP contribution in [0.25, 0.3) is 0 Å². The molecule has 0 saturated carbocycles. The third-order valence-corrected chi connectivity index (χ3v) is 5.27. The van der Waals surface area contributed by atoms with E-state index in [0.29, 0.717) is 19.0 Å². The minimum Gasteiger partial charge on any atom is -0.497 e. The number of hydrogen-bond donors (Lipinski definition) is 1. The van der Waals surface area contributed by atoms with E-state index in [1.54, 1.807) is 12.0 Å². The predicted octanol–water partition coefficient (Wildman–Crippen LogP) is 2.24.